The van der Waals surface area contributed by atoms with Crippen LogP contribution in [0.4, 0.5) is 4.39 Å². The number of hydrogen-bond acceptors (Lipinski definition) is 5. The van der Waals surface area contributed by atoms with Crippen molar-refractivity contribution in [3.63, 3.8) is 0 Å². The number of aliphatic hydroxyl groups is 1. The molecule has 0 bridgehead atoms. The van der Waals surface area contributed by atoms with Crippen molar-refractivity contribution in [1.82, 2.24) is 4.90 Å². The maximum Gasteiger partial charge on any atom is 0.373 e. The minimum Gasteiger partial charge on any atom is -0.502 e. The Balaban J connectivity index is 1.89. The Kier molecular flexibility index (Phi) is 6.93. The van der Waals surface area contributed by atoms with Crippen molar-refractivity contribution in [2.24, 2.45) is 0 Å². The predicted octanol–water partition coefficient (Wildman–Crippen LogP) is 2.98. The average molecular weight is 373 g/mol. The van der Waals surface area contributed by atoms with Gasteiger partial charge in [0, 0.05) is 13.6 Å². The predicted molar refractivity (Wildman–Crippen MR) is 96.4 cm³/mol. The van der Waals surface area contributed by atoms with Gasteiger partial charge in [-0.3, -0.25) is 4.79 Å². The number of carbonyl (C=O) groups excluding carboxylic acids is 2. The summed E-state index contributed by atoms with van der Waals surface area (Å²) >= 11 is 0. The summed E-state index contributed by atoms with van der Waals surface area (Å²) in [6.07, 6.45) is 0.812. The van der Waals surface area contributed by atoms with Gasteiger partial charge < -0.3 is 19.5 Å². The summed E-state index contributed by atoms with van der Waals surface area (Å²) in [5.74, 6) is -1.91. The van der Waals surface area contributed by atoms with Crippen LogP contribution in [0.3, 0.4) is 0 Å². The Bertz CT molecular complexity index is 815. The number of carbonyl (C=O) groups is 2. The summed E-state index contributed by atoms with van der Waals surface area (Å²) in [4.78, 5) is 24.4. The fourth-order valence-corrected chi connectivity index (χ4v) is 2.18. The molecular formula is C20H20FNO5. The second-order valence-corrected chi connectivity index (χ2v) is 5.77. The second-order valence-electron chi connectivity index (χ2n) is 5.77. The molecule has 0 fully saturated rings. The highest BCUT2D eigenvalue weighted by molar-refractivity contribution is 5.96. The molecule has 0 aliphatic carbocycles. The first kappa shape index (κ1) is 20.0. The topological polar surface area (TPSA) is 76.1 Å². The summed E-state index contributed by atoms with van der Waals surface area (Å²) < 4.78 is 22.8. The van der Waals surface area contributed by atoms with Crippen LogP contribution in [0.25, 0.3) is 0 Å². The first-order valence-electron chi connectivity index (χ1n) is 8.09. The van der Waals surface area contributed by atoms with Crippen molar-refractivity contribution in [2.75, 3.05) is 14.2 Å². The van der Waals surface area contributed by atoms with Crippen molar-refractivity contribution >= 4 is 11.9 Å². The van der Waals surface area contributed by atoms with Crippen molar-refractivity contribution in [2.45, 2.75) is 13.2 Å². The van der Waals surface area contributed by atoms with E-state index < -0.39 is 17.6 Å². The molecule has 2 aromatic rings. The van der Waals surface area contributed by atoms with Gasteiger partial charge in [0.05, 0.1) is 13.2 Å². The van der Waals surface area contributed by atoms with Crippen molar-refractivity contribution < 1.29 is 28.6 Å². The lowest BCUT2D eigenvalue weighted by Gasteiger charge is -2.15. The Labute approximate surface area is 156 Å². The van der Waals surface area contributed by atoms with E-state index in [0.29, 0.717) is 12.4 Å². The number of halogens is 1. The number of ether oxygens (including phenoxy) is 2. The number of rotatable bonds is 7. The van der Waals surface area contributed by atoms with Gasteiger partial charge in [-0.15, -0.1) is 0 Å². The van der Waals surface area contributed by atoms with E-state index in [4.69, 9.17) is 4.74 Å². The maximum atomic E-state index is 12.9. The average Bonchev–Trinajstić information content (AvgIpc) is 2.67. The van der Waals surface area contributed by atoms with Gasteiger partial charge in [0.1, 0.15) is 18.2 Å². The Morgan fingerprint density at radius 1 is 1.07 bits per heavy atom. The highest BCUT2D eigenvalue weighted by atomic mass is 19.1. The molecule has 0 radical (unpaired) electrons. The number of likely N-dealkylation sites (N-methyl/N-ethyl adjacent to an activating group) is 1. The van der Waals surface area contributed by atoms with E-state index in [-0.39, 0.29) is 12.4 Å². The Morgan fingerprint density at radius 2 is 1.67 bits per heavy atom. The van der Waals surface area contributed by atoms with Crippen LogP contribution in [-0.4, -0.2) is 36.0 Å². The number of hydrogen-bond donors (Lipinski definition) is 1. The Hall–Kier alpha value is -3.35. The van der Waals surface area contributed by atoms with Crippen molar-refractivity contribution in [3.05, 3.63) is 77.3 Å². The highest BCUT2D eigenvalue weighted by Crippen LogP contribution is 2.15. The molecule has 0 heterocycles. The van der Waals surface area contributed by atoms with Gasteiger partial charge in [0.25, 0.3) is 5.91 Å². The third kappa shape index (κ3) is 6.14. The van der Waals surface area contributed by atoms with Crippen LogP contribution in [0, 0.1) is 5.82 Å². The zero-order valence-corrected chi connectivity index (χ0v) is 15.0. The van der Waals surface area contributed by atoms with E-state index in [1.54, 1.807) is 43.4 Å². The first-order chi connectivity index (χ1) is 12.9. The summed E-state index contributed by atoms with van der Waals surface area (Å²) in [6, 6.07) is 13.2. The van der Waals surface area contributed by atoms with Gasteiger partial charge in [-0.05, 0) is 35.4 Å². The second kappa shape index (κ2) is 9.38. The molecule has 0 spiro atoms. The number of nitrogens with zero attached hydrogens (tertiary/aromatic N) is 1. The molecule has 0 saturated carbocycles. The molecule has 2 rings (SSSR count). The molecule has 0 aromatic heterocycles. The molecule has 6 nitrogen and oxygen atoms in total. The van der Waals surface area contributed by atoms with E-state index in [2.05, 4.69) is 4.74 Å². The monoisotopic (exact) mass is 373 g/mol. The maximum absolute atomic E-state index is 12.9. The van der Waals surface area contributed by atoms with Crippen LogP contribution in [0.5, 0.6) is 5.75 Å². The van der Waals surface area contributed by atoms with Crippen LogP contribution in [-0.2, 0) is 27.5 Å². The third-order valence-corrected chi connectivity index (χ3v) is 3.69. The number of amides is 1. The lowest BCUT2D eigenvalue weighted by Crippen LogP contribution is -2.25. The molecule has 7 heteroatoms. The van der Waals surface area contributed by atoms with Crippen molar-refractivity contribution in [1.29, 1.82) is 0 Å². The molecule has 0 aliphatic rings. The molecule has 1 N–H and O–H groups in total. The lowest BCUT2D eigenvalue weighted by atomic mass is 10.2. The van der Waals surface area contributed by atoms with Crippen LogP contribution in [0.2, 0.25) is 0 Å². The molecular weight excluding hydrogens is 353 g/mol. The van der Waals surface area contributed by atoms with Gasteiger partial charge in [-0.2, -0.15) is 0 Å². The van der Waals surface area contributed by atoms with Crippen LogP contribution >= 0.6 is 0 Å². The van der Waals surface area contributed by atoms with Gasteiger partial charge in [0.15, 0.2) is 0 Å². The van der Waals surface area contributed by atoms with E-state index >= 15 is 0 Å². The number of esters is 1. The molecule has 142 valence electrons. The number of aliphatic hydroxyl groups excluding tert-OH is 1. The van der Waals surface area contributed by atoms with Gasteiger partial charge in [0.2, 0.25) is 5.76 Å². The van der Waals surface area contributed by atoms with E-state index in [0.717, 1.165) is 24.3 Å². The SMILES string of the molecule is COC(=O)/C(O)=C/C(=O)N(C)Cc1ccc(OCc2ccc(F)cc2)cc1. The zero-order valence-electron chi connectivity index (χ0n) is 15.0. The minimum absolute atomic E-state index is 0.280. The van der Waals surface area contributed by atoms with Crippen LogP contribution in [0.15, 0.2) is 60.4 Å². The minimum atomic E-state index is -0.973. The third-order valence-electron chi connectivity index (χ3n) is 3.69. The molecule has 0 aliphatic heterocycles. The highest BCUT2D eigenvalue weighted by Gasteiger charge is 2.13. The summed E-state index contributed by atoms with van der Waals surface area (Å²) in [7, 11) is 2.66. The van der Waals surface area contributed by atoms with E-state index in [1.807, 2.05) is 0 Å². The van der Waals surface area contributed by atoms with E-state index in [1.165, 1.54) is 17.0 Å². The van der Waals surface area contributed by atoms with Gasteiger partial charge in [-0.1, -0.05) is 24.3 Å². The summed E-state index contributed by atoms with van der Waals surface area (Å²) in [5, 5.41) is 9.41. The molecule has 0 atom stereocenters. The van der Waals surface area contributed by atoms with Crippen LogP contribution in [0.1, 0.15) is 11.1 Å². The summed E-state index contributed by atoms with van der Waals surface area (Å²) in [5.41, 5.74) is 1.69. The zero-order chi connectivity index (χ0) is 19.8. The number of benzene rings is 2. The lowest BCUT2D eigenvalue weighted by molar-refractivity contribution is -0.139. The fraction of sp³-hybridized carbons (Fsp3) is 0.200. The normalized spacial score (nSPS) is 11.0. The fourth-order valence-electron chi connectivity index (χ4n) is 2.18. The first-order valence-corrected chi connectivity index (χ1v) is 8.09. The molecule has 27 heavy (non-hydrogen) atoms. The smallest absolute Gasteiger partial charge is 0.373 e. The molecule has 0 saturated heterocycles. The number of methoxy groups -OCH3 is 1. The molecule has 1 amide bonds. The van der Waals surface area contributed by atoms with E-state index in [9.17, 15) is 19.1 Å². The van der Waals surface area contributed by atoms with Gasteiger partial charge in [-0.25, -0.2) is 9.18 Å². The largest absolute Gasteiger partial charge is 0.502 e. The van der Waals surface area contributed by atoms with Crippen LogP contribution < -0.4 is 4.74 Å². The molecule has 2 aromatic carbocycles. The Morgan fingerprint density at radius 3 is 2.26 bits per heavy atom. The standard InChI is InChI=1S/C20H20FNO5/c1-22(19(24)11-18(23)20(25)26-2)12-14-5-9-17(10-6-14)27-13-15-3-7-16(21)8-4-15/h3-11,23H,12-13H2,1-2H3/b18-11-. The summed E-state index contributed by atoms with van der Waals surface area (Å²) in [6.45, 7) is 0.595. The molecule has 0 unspecified atom stereocenters. The quantitative estimate of drug-likeness (QED) is 0.459. The van der Waals surface area contributed by atoms with Gasteiger partial charge >= 0.3 is 5.97 Å². The van der Waals surface area contributed by atoms with Crippen molar-refractivity contribution in [3.8, 4) is 5.75 Å².